The van der Waals surface area contributed by atoms with Crippen molar-refractivity contribution in [3.05, 3.63) is 0 Å². The Balaban J connectivity index is 5.43. The van der Waals surface area contributed by atoms with Gasteiger partial charge in [-0.15, -0.1) is 0 Å². The third-order valence-electron chi connectivity index (χ3n) is 4.12. The van der Waals surface area contributed by atoms with E-state index in [0.717, 1.165) is 22.2 Å². The molecule has 3 heteroatoms. The third kappa shape index (κ3) is 2.99. The van der Waals surface area contributed by atoms with Crippen LogP contribution in [0.15, 0.2) is 0 Å². The van der Waals surface area contributed by atoms with Gasteiger partial charge in [0.25, 0.3) is 0 Å². The van der Waals surface area contributed by atoms with Crippen LogP contribution in [0.4, 0.5) is 0 Å². The smallest absolute Gasteiger partial charge is 0.181 e. The van der Waals surface area contributed by atoms with Crippen LogP contribution in [0.5, 0.6) is 0 Å². The summed E-state index contributed by atoms with van der Waals surface area (Å²) in [5.74, 6) is 0. The maximum absolute atomic E-state index is 6.25. The van der Waals surface area contributed by atoms with E-state index in [1.165, 1.54) is 0 Å². The molecule has 0 N–H and O–H groups in total. The summed E-state index contributed by atoms with van der Waals surface area (Å²) in [5, 5.41) is 0. The zero-order chi connectivity index (χ0) is 13.1. The monoisotopic (exact) mass is 260 g/mol. The Morgan fingerprint density at radius 3 is 1.12 bits per heavy atom. The van der Waals surface area contributed by atoms with Crippen LogP contribution in [0.3, 0.4) is 0 Å². The molecule has 0 unspecified atom stereocenters. The van der Waals surface area contributed by atoms with E-state index in [2.05, 4.69) is 55.4 Å². The van der Waals surface area contributed by atoms with E-state index in [1.807, 2.05) is 7.11 Å². The van der Waals surface area contributed by atoms with Crippen LogP contribution in [0, 0.1) is 0 Å². The standard InChI is InChI=1S/C13H32OSi2/c1-10(2)15(11(3)4)16(14-9,12(5)6)13(7)8/h10-13,15H,1-9H3. The molecule has 0 aliphatic rings. The van der Waals surface area contributed by atoms with Gasteiger partial charge in [0, 0.05) is 7.11 Å². The van der Waals surface area contributed by atoms with Crippen molar-refractivity contribution in [2.45, 2.75) is 77.6 Å². The van der Waals surface area contributed by atoms with Crippen molar-refractivity contribution in [2.75, 3.05) is 7.11 Å². The predicted molar refractivity (Wildman–Crippen MR) is 80.3 cm³/mol. The van der Waals surface area contributed by atoms with Crippen LogP contribution in [0.2, 0.25) is 22.2 Å². The molecule has 0 aromatic carbocycles. The van der Waals surface area contributed by atoms with Gasteiger partial charge in [-0.1, -0.05) is 66.5 Å². The molecule has 0 rings (SSSR count). The lowest BCUT2D eigenvalue weighted by Crippen LogP contribution is -2.60. The maximum Gasteiger partial charge on any atom is 0.181 e. The first kappa shape index (κ1) is 16.4. The van der Waals surface area contributed by atoms with E-state index in [-0.39, 0.29) is 0 Å². The van der Waals surface area contributed by atoms with Crippen LogP contribution >= 0.6 is 0 Å². The van der Waals surface area contributed by atoms with E-state index < -0.39 is 16.1 Å². The van der Waals surface area contributed by atoms with Gasteiger partial charge >= 0.3 is 0 Å². The van der Waals surface area contributed by atoms with Crippen LogP contribution in [-0.4, -0.2) is 23.3 Å². The summed E-state index contributed by atoms with van der Waals surface area (Å²) in [6, 6.07) is 0. The zero-order valence-corrected chi connectivity index (χ0v) is 14.9. The summed E-state index contributed by atoms with van der Waals surface area (Å²) < 4.78 is 6.25. The molecule has 0 aliphatic carbocycles. The lowest BCUT2D eigenvalue weighted by Gasteiger charge is -2.46. The van der Waals surface area contributed by atoms with Crippen molar-refractivity contribution in [3.63, 3.8) is 0 Å². The number of rotatable bonds is 6. The molecule has 16 heavy (non-hydrogen) atoms. The fraction of sp³-hybridized carbons (Fsp3) is 1.00. The largest absolute Gasteiger partial charge is 0.422 e. The van der Waals surface area contributed by atoms with E-state index in [4.69, 9.17) is 4.43 Å². The Morgan fingerprint density at radius 2 is 1.06 bits per heavy atom. The topological polar surface area (TPSA) is 9.23 Å². The summed E-state index contributed by atoms with van der Waals surface area (Å²) >= 11 is 0. The Kier molecular flexibility index (Phi) is 6.52. The first-order valence-electron chi connectivity index (χ1n) is 6.76. The van der Waals surface area contributed by atoms with Gasteiger partial charge in [0.1, 0.15) is 0 Å². The molecule has 0 aliphatic heterocycles. The molecule has 0 saturated carbocycles. The minimum absolute atomic E-state index is 0.749. The first-order valence-corrected chi connectivity index (χ1v) is 12.0. The molecule has 0 aromatic heterocycles. The molecule has 98 valence electrons. The molecular weight excluding hydrogens is 228 g/mol. The summed E-state index contributed by atoms with van der Waals surface area (Å²) in [5.41, 5.74) is 3.21. The molecule has 0 amide bonds. The molecule has 0 bridgehead atoms. The van der Waals surface area contributed by atoms with Gasteiger partial charge in [0.05, 0.1) is 8.31 Å². The fourth-order valence-electron chi connectivity index (χ4n) is 3.86. The second-order valence-corrected chi connectivity index (χ2v) is 19.2. The normalized spacial score (nSPS) is 13.9. The highest BCUT2D eigenvalue weighted by Crippen LogP contribution is 2.42. The van der Waals surface area contributed by atoms with Crippen molar-refractivity contribution in [2.24, 2.45) is 0 Å². The molecule has 0 aromatic rings. The average Bonchev–Trinajstić information content (AvgIpc) is 2.10. The fourth-order valence-corrected chi connectivity index (χ4v) is 23.3. The van der Waals surface area contributed by atoms with Crippen molar-refractivity contribution in [1.29, 1.82) is 0 Å². The minimum Gasteiger partial charge on any atom is -0.422 e. The predicted octanol–water partition coefficient (Wildman–Crippen LogP) is 4.52. The van der Waals surface area contributed by atoms with E-state index in [1.54, 1.807) is 0 Å². The highest BCUT2D eigenvalue weighted by Gasteiger charge is 2.50. The van der Waals surface area contributed by atoms with Gasteiger partial charge < -0.3 is 4.43 Å². The first-order chi connectivity index (χ1) is 7.21. The summed E-state index contributed by atoms with van der Waals surface area (Å²) in [6.07, 6.45) is 0. The Morgan fingerprint density at radius 1 is 0.750 bits per heavy atom. The van der Waals surface area contributed by atoms with Crippen molar-refractivity contribution < 1.29 is 4.43 Å². The van der Waals surface area contributed by atoms with Gasteiger partial charge in [0.15, 0.2) is 7.83 Å². The van der Waals surface area contributed by atoms with E-state index in [0.29, 0.717) is 0 Å². The van der Waals surface area contributed by atoms with Crippen LogP contribution in [0.25, 0.3) is 0 Å². The van der Waals surface area contributed by atoms with Crippen molar-refractivity contribution in [1.82, 2.24) is 0 Å². The lowest BCUT2D eigenvalue weighted by molar-refractivity contribution is 0.388. The zero-order valence-electron chi connectivity index (χ0n) is 12.8. The molecule has 0 fully saturated rings. The average molecular weight is 261 g/mol. The van der Waals surface area contributed by atoms with Crippen molar-refractivity contribution >= 4 is 16.1 Å². The van der Waals surface area contributed by atoms with Crippen LogP contribution in [0.1, 0.15) is 55.4 Å². The molecular formula is C13H32OSi2. The second kappa shape index (κ2) is 6.36. The molecule has 0 atom stereocenters. The Hall–Kier alpha value is 0.394. The SMILES string of the molecule is CO[Si](C(C)C)(C(C)C)[SiH](C(C)C)C(C)C. The van der Waals surface area contributed by atoms with Gasteiger partial charge in [-0.05, 0) is 11.1 Å². The summed E-state index contributed by atoms with van der Waals surface area (Å²) in [4.78, 5) is 0. The second-order valence-electron chi connectivity index (χ2n) is 6.38. The molecule has 1 nitrogen and oxygen atoms in total. The highest BCUT2D eigenvalue weighted by atomic mass is 29.2. The molecule has 0 saturated heterocycles. The van der Waals surface area contributed by atoms with E-state index in [9.17, 15) is 0 Å². The van der Waals surface area contributed by atoms with Crippen LogP contribution < -0.4 is 0 Å². The van der Waals surface area contributed by atoms with Gasteiger partial charge in [-0.25, -0.2) is 0 Å². The number of hydrogen-bond acceptors (Lipinski definition) is 1. The van der Waals surface area contributed by atoms with Crippen molar-refractivity contribution in [3.8, 4) is 0 Å². The van der Waals surface area contributed by atoms with Gasteiger partial charge in [-0.2, -0.15) is 0 Å². The number of hydrogen-bond donors (Lipinski definition) is 0. The quantitative estimate of drug-likeness (QED) is 0.638. The minimum atomic E-state index is -1.54. The van der Waals surface area contributed by atoms with Gasteiger partial charge in [0.2, 0.25) is 0 Å². The highest BCUT2D eigenvalue weighted by molar-refractivity contribution is 7.32. The van der Waals surface area contributed by atoms with Gasteiger partial charge in [-0.3, -0.25) is 0 Å². The Labute approximate surface area is 106 Å². The molecule has 0 spiro atoms. The van der Waals surface area contributed by atoms with E-state index >= 15 is 0 Å². The molecule has 0 heterocycles. The third-order valence-corrected chi connectivity index (χ3v) is 24.2. The lowest BCUT2D eigenvalue weighted by atomic mass is 10.5. The summed E-state index contributed by atoms with van der Waals surface area (Å²) in [7, 11) is -0.388. The Bertz CT molecular complexity index is 184. The summed E-state index contributed by atoms with van der Waals surface area (Å²) in [6.45, 7) is 19.2. The van der Waals surface area contributed by atoms with Crippen LogP contribution in [-0.2, 0) is 4.43 Å². The maximum atomic E-state index is 6.25. The molecule has 0 radical (unpaired) electrons.